The number of hydrogen-bond acceptors (Lipinski definition) is 3. The highest BCUT2D eigenvalue weighted by Crippen LogP contribution is 2.27. The van der Waals surface area contributed by atoms with Crippen molar-refractivity contribution in [1.82, 2.24) is 5.32 Å². The van der Waals surface area contributed by atoms with Crippen LogP contribution >= 0.6 is 11.3 Å². The molecule has 1 aliphatic carbocycles. The largest absolute Gasteiger partial charge is 0.392 e. The van der Waals surface area contributed by atoms with Crippen molar-refractivity contribution >= 4 is 11.3 Å². The summed E-state index contributed by atoms with van der Waals surface area (Å²) < 4.78 is 0. The van der Waals surface area contributed by atoms with Gasteiger partial charge in [0, 0.05) is 22.9 Å². The summed E-state index contributed by atoms with van der Waals surface area (Å²) in [6, 6.07) is 4.60. The van der Waals surface area contributed by atoms with Gasteiger partial charge in [0.2, 0.25) is 0 Å². The number of aliphatic hydroxyl groups is 1. The third-order valence-electron chi connectivity index (χ3n) is 3.47. The molecule has 1 saturated carbocycles. The summed E-state index contributed by atoms with van der Waals surface area (Å²) in [4.78, 5) is 1.41. The first-order valence-electron chi connectivity index (χ1n) is 6.05. The highest BCUT2D eigenvalue weighted by atomic mass is 32.1. The Bertz CT molecular complexity index is 321. The van der Waals surface area contributed by atoms with E-state index in [0.717, 1.165) is 25.8 Å². The van der Waals surface area contributed by atoms with E-state index in [0.29, 0.717) is 6.04 Å². The van der Waals surface area contributed by atoms with Crippen molar-refractivity contribution in [2.24, 2.45) is 0 Å². The lowest BCUT2D eigenvalue weighted by Gasteiger charge is -2.27. The first-order valence-corrected chi connectivity index (χ1v) is 6.93. The molecule has 2 atom stereocenters. The van der Waals surface area contributed by atoms with Crippen LogP contribution in [0, 0.1) is 0 Å². The number of nitrogens with one attached hydrogen (secondary N) is 1. The summed E-state index contributed by atoms with van der Waals surface area (Å²) in [6.45, 7) is 5.45. The maximum absolute atomic E-state index is 9.76. The van der Waals surface area contributed by atoms with Crippen LogP contribution in [0.25, 0.3) is 0 Å². The van der Waals surface area contributed by atoms with Gasteiger partial charge in [0.25, 0.3) is 0 Å². The molecule has 3 heteroatoms. The molecule has 0 saturated heterocycles. The van der Waals surface area contributed by atoms with Crippen LogP contribution in [0.4, 0.5) is 0 Å². The Labute approximate surface area is 102 Å². The smallest absolute Gasteiger partial charge is 0.0693 e. The van der Waals surface area contributed by atoms with Gasteiger partial charge >= 0.3 is 0 Å². The van der Waals surface area contributed by atoms with Gasteiger partial charge in [-0.25, -0.2) is 0 Å². The molecular formula is C13H21NOS. The predicted octanol–water partition coefficient (Wildman–Crippen LogP) is 2.53. The van der Waals surface area contributed by atoms with E-state index in [1.54, 1.807) is 0 Å². The standard InChI is InChI=1S/C13H21NOS/c1-13(2,12-7-4-8-16-12)9-14-10-5-3-6-11(10)15/h4,7-8,10-11,14-15H,3,5-6,9H2,1-2H3/t10-,11-/m0/s1. The van der Waals surface area contributed by atoms with Crippen LogP contribution in [-0.2, 0) is 5.41 Å². The molecule has 0 aromatic carbocycles. The Balaban J connectivity index is 1.89. The molecule has 0 amide bonds. The van der Waals surface area contributed by atoms with E-state index in [4.69, 9.17) is 0 Å². The fourth-order valence-electron chi connectivity index (χ4n) is 2.32. The molecule has 1 fully saturated rings. The first kappa shape index (κ1) is 12.1. The molecule has 2 rings (SSSR count). The van der Waals surface area contributed by atoms with Crippen molar-refractivity contribution in [3.05, 3.63) is 22.4 Å². The maximum Gasteiger partial charge on any atom is 0.0693 e. The minimum absolute atomic E-state index is 0.140. The highest BCUT2D eigenvalue weighted by Gasteiger charge is 2.28. The molecule has 0 aliphatic heterocycles. The van der Waals surface area contributed by atoms with Crippen LogP contribution in [0.1, 0.15) is 38.0 Å². The lowest BCUT2D eigenvalue weighted by Crippen LogP contribution is -2.42. The Hall–Kier alpha value is -0.380. The van der Waals surface area contributed by atoms with Crippen LogP contribution in [0.2, 0.25) is 0 Å². The van der Waals surface area contributed by atoms with Crippen LogP contribution < -0.4 is 5.32 Å². The zero-order chi connectivity index (χ0) is 11.6. The number of thiophene rings is 1. The average molecular weight is 239 g/mol. The molecular weight excluding hydrogens is 218 g/mol. The molecule has 0 unspecified atom stereocenters. The zero-order valence-electron chi connectivity index (χ0n) is 10.1. The van der Waals surface area contributed by atoms with Crippen molar-refractivity contribution in [3.8, 4) is 0 Å². The zero-order valence-corrected chi connectivity index (χ0v) is 10.9. The van der Waals surface area contributed by atoms with E-state index in [1.807, 2.05) is 11.3 Å². The van der Waals surface area contributed by atoms with Gasteiger partial charge in [0.15, 0.2) is 0 Å². The Morgan fingerprint density at radius 3 is 2.88 bits per heavy atom. The van der Waals surface area contributed by atoms with E-state index in [1.165, 1.54) is 4.88 Å². The quantitative estimate of drug-likeness (QED) is 0.846. The van der Waals surface area contributed by atoms with Gasteiger partial charge in [-0.05, 0) is 30.7 Å². The van der Waals surface area contributed by atoms with Gasteiger partial charge < -0.3 is 10.4 Å². The van der Waals surface area contributed by atoms with Crippen LogP contribution in [0.15, 0.2) is 17.5 Å². The SMILES string of the molecule is CC(C)(CN[C@H]1CCC[C@@H]1O)c1cccs1. The summed E-state index contributed by atoms with van der Waals surface area (Å²) >= 11 is 1.81. The third kappa shape index (κ3) is 2.65. The van der Waals surface area contributed by atoms with E-state index in [2.05, 4.69) is 36.7 Å². The molecule has 0 bridgehead atoms. The second-order valence-electron chi connectivity index (χ2n) is 5.35. The normalized spacial score (nSPS) is 26.2. The van der Waals surface area contributed by atoms with E-state index in [9.17, 15) is 5.11 Å². The van der Waals surface area contributed by atoms with Gasteiger partial charge in [-0.15, -0.1) is 11.3 Å². The van der Waals surface area contributed by atoms with E-state index in [-0.39, 0.29) is 11.5 Å². The average Bonchev–Trinajstić information content (AvgIpc) is 2.85. The summed E-state index contributed by atoms with van der Waals surface area (Å²) in [5.74, 6) is 0. The van der Waals surface area contributed by atoms with Crippen LogP contribution in [0.3, 0.4) is 0 Å². The summed E-state index contributed by atoms with van der Waals surface area (Å²) in [6.07, 6.45) is 3.08. The van der Waals surface area contributed by atoms with Gasteiger partial charge in [-0.1, -0.05) is 19.9 Å². The third-order valence-corrected chi connectivity index (χ3v) is 4.71. The molecule has 0 radical (unpaired) electrons. The van der Waals surface area contributed by atoms with Crippen LogP contribution in [-0.4, -0.2) is 23.8 Å². The Morgan fingerprint density at radius 1 is 1.50 bits per heavy atom. The van der Waals surface area contributed by atoms with E-state index < -0.39 is 0 Å². The van der Waals surface area contributed by atoms with E-state index >= 15 is 0 Å². The van der Waals surface area contributed by atoms with Crippen molar-refractivity contribution in [2.45, 2.75) is 50.7 Å². The lowest BCUT2D eigenvalue weighted by atomic mass is 9.91. The minimum Gasteiger partial charge on any atom is -0.392 e. The van der Waals surface area contributed by atoms with Crippen molar-refractivity contribution in [2.75, 3.05) is 6.54 Å². The molecule has 1 heterocycles. The maximum atomic E-state index is 9.76. The van der Waals surface area contributed by atoms with Crippen molar-refractivity contribution in [1.29, 1.82) is 0 Å². The van der Waals surface area contributed by atoms with Gasteiger partial charge in [-0.2, -0.15) is 0 Å². The number of hydrogen-bond donors (Lipinski definition) is 2. The monoisotopic (exact) mass is 239 g/mol. The van der Waals surface area contributed by atoms with Gasteiger partial charge in [0.1, 0.15) is 0 Å². The second kappa shape index (κ2) is 4.86. The highest BCUT2D eigenvalue weighted by molar-refractivity contribution is 7.10. The van der Waals surface area contributed by atoms with Crippen molar-refractivity contribution in [3.63, 3.8) is 0 Å². The number of aliphatic hydroxyl groups excluding tert-OH is 1. The fourth-order valence-corrected chi connectivity index (χ4v) is 3.17. The molecule has 0 spiro atoms. The topological polar surface area (TPSA) is 32.3 Å². The molecule has 1 aromatic heterocycles. The Kier molecular flexibility index (Phi) is 3.67. The van der Waals surface area contributed by atoms with Crippen molar-refractivity contribution < 1.29 is 5.11 Å². The summed E-state index contributed by atoms with van der Waals surface area (Å²) in [5, 5.41) is 15.4. The first-order chi connectivity index (χ1) is 7.59. The minimum atomic E-state index is -0.140. The molecule has 2 N–H and O–H groups in total. The second-order valence-corrected chi connectivity index (χ2v) is 6.29. The summed E-state index contributed by atoms with van der Waals surface area (Å²) in [7, 11) is 0. The predicted molar refractivity (Wildman–Crippen MR) is 69.0 cm³/mol. The Morgan fingerprint density at radius 2 is 2.31 bits per heavy atom. The molecule has 1 aromatic rings. The number of rotatable bonds is 4. The lowest BCUT2D eigenvalue weighted by molar-refractivity contribution is 0.146. The molecule has 90 valence electrons. The molecule has 1 aliphatic rings. The summed E-state index contributed by atoms with van der Waals surface area (Å²) in [5.41, 5.74) is 0.163. The molecule has 16 heavy (non-hydrogen) atoms. The van der Waals surface area contributed by atoms with Gasteiger partial charge in [0.05, 0.1) is 6.10 Å². The fraction of sp³-hybridized carbons (Fsp3) is 0.692. The molecule has 2 nitrogen and oxygen atoms in total. The van der Waals surface area contributed by atoms with Gasteiger partial charge in [-0.3, -0.25) is 0 Å². The van der Waals surface area contributed by atoms with Crippen LogP contribution in [0.5, 0.6) is 0 Å².